The number of sulfone groups is 1. The highest BCUT2D eigenvalue weighted by Crippen LogP contribution is 2.20. The van der Waals surface area contributed by atoms with E-state index in [-0.39, 0.29) is 12.4 Å². The van der Waals surface area contributed by atoms with E-state index in [1.807, 2.05) is 6.92 Å². The second kappa shape index (κ2) is 12.0. The van der Waals surface area contributed by atoms with E-state index in [9.17, 15) is 8.42 Å². The maximum Gasteiger partial charge on any atom is 0.191 e. The molecule has 1 unspecified atom stereocenters. The summed E-state index contributed by atoms with van der Waals surface area (Å²) >= 11 is 0. The SMILES string of the molecule is CCNC(=NCC1CCCN1Cc1ccccc1)NCCOCCS(C)(=O)=O. The molecule has 0 saturated carbocycles. The number of nitrogens with one attached hydrogen (secondary N) is 2. The minimum Gasteiger partial charge on any atom is -0.379 e. The van der Waals surface area contributed by atoms with Crippen LogP contribution in [0.5, 0.6) is 0 Å². The number of likely N-dealkylation sites (tertiary alicyclic amines) is 1. The third-order valence-corrected chi connectivity index (χ3v) is 5.58. The molecule has 0 spiro atoms. The Bertz CT molecular complexity index is 695. The molecule has 0 aromatic heterocycles. The molecule has 7 nitrogen and oxygen atoms in total. The number of aliphatic imine (C=N–C) groups is 1. The third kappa shape index (κ3) is 9.03. The first kappa shape index (κ1) is 22.6. The molecule has 1 aliphatic heterocycles. The molecule has 1 aromatic rings. The highest BCUT2D eigenvalue weighted by molar-refractivity contribution is 7.90. The number of hydrogen-bond donors (Lipinski definition) is 2. The van der Waals surface area contributed by atoms with Crippen LogP contribution in [0.4, 0.5) is 0 Å². The number of hydrogen-bond acceptors (Lipinski definition) is 5. The summed E-state index contributed by atoms with van der Waals surface area (Å²) in [6, 6.07) is 11.0. The van der Waals surface area contributed by atoms with Gasteiger partial charge >= 0.3 is 0 Å². The van der Waals surface area contributed by atoms with Crippen LogP contribution in [-0.4, -0.2) is 76.7 Å². The minimum atomic E-state index is -2.97. The third-order valence-electron chi connectivity index (χ3n) is 4.67. The normalized spacial score (nSPS) is 18.4. The maximum absolute atomic E-state index is 11.1. The quantitative estimate of drug-likeness (QED) is 0.325. The number of rotatable bonds is 11. The van der Waals surface area contributed by atoms with Crippen molar-refractivity contribution in [3.8, 4) is 0 Å². The summed E-state index contributed by atoms with van der Waals surface area (Å²) in [5.41, 5.74) is 1.34. The Balaban J connectivity index is 1.75. The van der Waals surface area contributed by atoms with Gasteiger partial charge < -0.3 is 15.4 Å². The summed E-state index contributed by atoms with van der Waals surface area (Å²) in [7, 11) is -2.97. The van der Waals surface area contributed by atoms with Crippen molar-refractivity contribution in [2.45, 2.75) is 32.4 Å². The van der Waals surface area contributed by atoms with Crippen LogP contribution in [0.3, 0.4) is 0 Å². The maximum atomic E-state index is 11.1. The van der Waals surface area contributed by atoms with Gasteiger partial charge in [0.2, 0.25) is 0 Å². The monoisotopic (exact) mass is 410 g/mol. The first-order chi connectivity index (χ1) is 13.5. The molecule has 2 rings (SSSR count). The number of benzene rings is 1. The van der Waals surface area contributed by atoms with Gasteiger partial charge in [-0.2, -0.15) is 0 Å². The summed E-state index contributed by atoms with van der Waals surface area (Å²) < 4.78 is 27.5. The van der Waals surface area contributed by atoms with Crippen LogP contribution in [0.15, 0.2) is 35.3 Å². The average Bonchev–Trinajstić information content (AvgIpc) is 3.09. The lowest BCUT2D eigenvalue weighted by Gasteiger charge is -2.23. The van der Waals surface area contributed by atoms with Crippen molar-refractivity contribution in [2.75, 3.05) is 51.4 Å². The van der Waals surface area contributed by atoms with Gasteiger partial charge in [-0.05, 0) is 31.9 Å². The lowest BCUT2D eigenvalue weighted by atomic mass is 10.2. The fourth-order valence-corrected chi connectivity index (χ4v) is 3.64. The zero-order valence-electron chi connectivity index (χ0n) is 17.1. The Labute approximate surface area is 169 Å². The van der Waals surface area contributed by atoms with Crippen molar-refractivity contribution < 1.29 is 13.2 Å². The van der Waals surface area contributed by atoms with Crippen molar-refractivity contribution in [3.63, 3.8) is 0 Å². The average molecular weight is 411 g/mol. The van der Waals surface area contributed by atoms with E-state index in [1.165, 1.54) is 24.7 Å². The lowest BCUT2D eigenvalue weighted by molar-refractivity contribution is 0.154. The Hall–Kier alpha value is -1.64. The van der Waals surface area contributed by atoms with Crippen LogP contribution in [0.1, 0.15) is 25.3 Å². The summed E-state index contributed by atoms with van der Waals surface area (Å²) in [4.78, 5) is 7.26. The van der Waals surface area contributed by atoms with Crippen molar-refractivity contribution in [1.29, 1.82) is 0 Å². The molecule has 1 heterocycles. The van der Waals surface area contributed by atoms with Gasteiger partial charge in [-0.3, -0.25) is 9.89 Å². The Morgan fingerprint density at radius 1 is 1.25 bits per heavy atom. The molecule has 0 aliphatic carbocycles. The first-order valence-electron chi connectivity index (χ1n) is 10.0. The molecule has 1 aromatic carbocycles. The summed E-state index contributed by atoms with van der Waals surface area (Å²) in [6.45, 7) is 6.95. The van der Waals surface area contributed by atoms with Crippen LogP contribution in [0.25, 0.3) is 0 Å². The smallest absolute Gasteiger partial charge is 0.191 e. The predicted octanol–water partition coefficient (Wildman–Crippen LogP) is 1.27. The number of ether oxygens (including phenoxy) is 1. The number of guanidine groups is 1. The fraction of sp³-hybridized carbons (Fsp3) is 0.650. The zero-order valence-corrected chi connectivity index (χ0v) is 17.9. The molecule has 0 amide bonds. The zero-order chi connectivity index (χ0) is 20.2. The van der Waals surface area contributed by atoms with Crippen molar-refractivity contribution in [3.05, 3.63) is 35.9 Å². The van der Waals surface area contributed by atoms with Gasteiger partial charge in [0.1, 0.15) is 9.84 Å². The van der Waals surface area contributed by atoms with Crippen molar-refractivity contribution in [2.24, 2.45) is 4.99 Å². The van der Waals surface area contributed by atoms with Crippen LogP contribution in [0.2, 0.25) is 0 Å². The van der Waals surface area contributed by atoms with E-state index < -0.39 is 9.84 Å². The Morgan fingerprint density at radius 3 is 2.75 bits per heavy atom. The van der Waals surface area contributed by atoms with Gasteiger partial charge in [-0.1, -0.05) is 30.3 Å². The van der Waals surface area contributed by atoms with Gasteiger partial charge in [0.15, 0.2) is 5.96 Å². The van der Waals surface area contributed by atoms with E-state index in [2.05, 4.69) is 45.9 Å². The standard InChI is InChI=1S/C20H34N4O3S/c1-3-21-20(22-11-13-27-14-15-28(2,25)26)23-16-19-10-7-12-24(19)17-18-8-5-4-6-9-18/h4-6,8-9,19H,3,7,10-17H2,1-2H3,(H2,21,22,23). The largest absolute Gasteiger partial charge is 0.379 e. The highest BCUT2D eigenvalue weighted by Gasteiger charge is 2.24. The Kier molecular flexibility index (Phi) is 9.73. The molecular formula is C20H34N4O3S. The summed E-state index contributed by atoms with van der Waals surface area (Å²) in [5.74, 6) is 0.834. The van der Waals surface area contributed by atoms with Gasteiger partial charge in [0, 0.05) is 31.9 Å². The van der Waals surface area contributed by atoms with Crippen LogP contribution >= 0.6 is 0 Å². The molecule has 1 fully saturated rings. The van der Waals surface area contributed by atoms with Gasteiger partial charge in [-0.15, -0.1) is 0 Å². The second-order valence-electron chi connectivity index (χ2n) is 7.14. The number of nitrogens with zero attached hydrogens (tertiary/aromatic N) is 2. The minimum absolute atomic E-state index is 0.0556. The van der Waals surface area contributed by atoms with Crippen LogP contribution in [-0.2, 0) is 21.1 Å². The molecule has 0 bridgehead atoms. The summed E-state index contributed by atoms with van der Waals surface area (Å²) in [5, 5.41) is 6.51. The molecular weight excluding hydrogens is 376 g/mol. The van der Waals surface area contributed by atoms with Gasteiger partial charge in [-0.25, -0.2) is 8.42 Å². The lowest BCUT2D eigenvalue weighted by Crippen LogP contribution is -2.40. The predicted molar refractivity (Wildman–Crippen MR) is 114 cm³/mol. The second-order valence-corrected chi connectivity index (χ2v) is 9.40. The van der Waals surface area contributed by atoms with E-state index in [1.54, 1.807) is 0 Å². The van der Waals surface area contributed by atoms with Crippen LogP contribution < -0.4 is 10.6 Å². The molecule has 8 heteroatoms. The molecule has 0 radical (unpaired) electrons. The summed E-state index contributed by atoms with van der Waals surface area (Å²) in [6.07, 6.45) is 3.60. The first-order valence-corrected chi connectivity index (χ1v) is 12.1. The molecule has 2 N–H and O–H groups in total. The van der Waals surface area contributed by atoms with E-state index >= 15 is 0 Å². The molecule has 28 heavy (non-hydrogen) atoms. The fourth-order valence-electron chi connectivity index (χ4n) is 3.22. The van der Waals surface area contributed by atoms with E-state index in [0.29, 0.717) is 19.2 Å². The molecule has 1 aliphatic rings. The van der Waals surface area contributed by atoms with Crippen molar-refractivity contribution in [1.82, 2.24) is 15.5 Å². The van der Waals surface area contributed by atoms with Crippen molar-refractivity contribution >= 4 is 15.8 Å². The molecule has 1 saturated heterocycles. The highest BCUT2D eigenvalue weighted by atomic mass is 32.2. The van der Waals surface area contributed by atoms with E-state index in [0.717, 1.165) is 32.1 Å². The molecule has 1 atom stereocenters. The Morgan fingerprint density at radius 2 is 2.04 bits per heavy atom. The van der Waals surface area contributed by atoms with Crippen LogP contribution in [0, 0.1) is 0 Å². The topological polar surface area (TPSA) is 83.0 Å². The van der Waals surface area contributed by atoms with Gasteiger partial charge in [0.05, 0.1) is 25.5 Å². The van der Waals surface area contributed by atoms with Gasteiger partial charge in [0.25, 0.3) is 0 Å². The van der Waals surface area contributed by atoms with E-state index in [4.69, 9.17) is 9.73 Å². The molecule has 158 valence electrons.